The van der Waals surface area contributed by atoms with Crippen LogP contribution >= 0.6 is 15.9 Å². The monoisotopic (exact) mass is 354 g/mol. The van der Waals surface area contributed by atoms with E-state index in [2.05, 4.69) is 26.0 Å². The summed E-state index contributed by atoms with van der Waals surface area (Å²) >= 11 is 3.31. The van der Waals surface area contributed by atoms with Crippen LogP contribution in [0.15, 0.2) is 28.7 Å². The molecule has 0 spiro atoms. The molecule has 1 saturated heterocycles. The maximum Gasteiger partial charge on any atom is 0.308 e. The number of ether oxygens (including phenoxy) is 1. The fraction of sp³-hybridized carbons (Fsp3) is 0.357. The molecule has 2 rings (SSSR count). The smallest absolute Gasteiger partial charge is 0.308 e. The molecule has 0 radical (unpaired) electrons. The lowest BCUT2D eigenvalue weighted by Crippen LogP contribution is -2.57. The summed E-state index contributed by atoms with van der Waals surface area (Å²) in [6.45, 7) is 0.731. The minimum absolute atomic E-state index is 0.151. The molecule has 0 bridgehead atoms. The van der Waals surface area contributed by atoms with Crippen LogP contribution in [0.5, 0.6) is 0 Å². The van der Waals surface area contributed by atoms with E-state index in [4.69, 9.17) is 0 Å². The van der Waals surface area contributed by atoms with Gasteiger partial charge in [-0.1, -0.05) is 22.0 Å². The van der Waals surface area contributed by atoms with Gasteiger partial charge in [0, 0.05) is 23.1 Å². The minimum atomic E-state index is -0.835. The molecule has 1 aromatic carbocycles. The molecule has 1 heterocycles. The first-order valence-corrected chi connectivity index (χ1v) is 7.23. The van der Waals surface area contributed by atoms with Crippen molar-refractivity contribution in [3.63, 3.8) is 0 Å². The fourth-order valence-corrected chi connectivity index (χ4v) is 2.59. The largest absolute Gasteiger partial charge is 0.469 e. The van der Waals surface area contributed by atoms with Crippen LogP contribution in [0.25, 0.3) is 0 Å². The molecule has 2 amide bonds. The van der Waals surface area contributed by atoms with Gasteiger partial charge in [-0.25, -0.2) is 0 Å². The van der Waals surface area contributed by atoms with Crippen molar-refractivity contribution in [3.8, 4) is 0 Å². The highest BCUT2D eigenvalue weighted by Crippen LogP contribution is 2.17. The SMILES string of the molecule is COC(=O)C[C@@H]1C(=O)NCCN1C(=O)c1cccc(Br)c1. The third-order valence-electron chi connectivity index (χ3n) is 3.25. The molecule has 1 atom stereocenters. The van der Waals surface area contributed by atoms with Gasteiger partial charge in [0.25, 0.3) is 5.91 Å². The van der Waals surface area contributed by atoms with Gasteiger partial charge in [-0.05, 0) is 18.2 Å². The zero-order chi connectivity index (χ0) is 15.4. The molecular weight excluding hydrogens is 340 g/mol. The first-order valence-electron chi connectivity index (χ1n) is 6.44. The van der Waals surface area contributed by atoms with Gasteiger partial charge in [0.2, 0.25) is 5.91 Å². The Balaban J connectivity index is 2.23. The summed E-state index contributed by atoms with van der Waals surface area (Å²) in [6, 6.07) is 6.08. The Bertz CT molecular complexity index is 576. The molecule has 1 aliphatic rings. The van der Waals surface area contributed by atoms with Gasteiger partial charge in [0.15, 0.2) is 0 Å². The van der Waals surface area contributed by atoms with E-state index in [0.717, 1.165) is 4.47 Å². The summed E-state index contributed by atoms with van der Waals surface area (Å²) in [6.07, 6.45) is -0.151. The number of esters is 1. The van der Waals surface area contributed by atoms with Gasteiger partial charge >= 0.3 is 5.97 Å². The van der Waals surface area contributed by atoms with Crippen LogP contribution in [-0.2, 0) is 14.3 Å². The maximum atomic E-state index is 12.6. The Hall–Kier alpha value is -1.89. The predicted octanol–water partition coefficient (Wildman–Crippen LogP) is 0.953. The van der Waals surface area contributed by atoms with Crippen LogP contribution in [0.4, 0.5) is 0 Å². The molecule has 1 aliphatic heterocycles. The molecule has 1 fully saturated rings. The average molecular weight is 355 g/mol. The standard InChI is InChI=1S/C14H15BrN2O4/c1-21-12(18)8-11-13(19)16-5-6-17(11)14(20)9-3-2-4-10(15)7-9/h2-4,7,11H,5-6,8H2,1H3,(H,16,19)/t11-/m1/s1. The Kier molecular flexibility index (Phi) is 4.95. The Morgan fingerprint density at radius 3 is 2.90 bits per heavy atom. The Labute approximate surface area is 130 Å². The normalized spacial score (nSPS) is 18.1. The Morgan fingerprint density at radius 1 is 1.48 bits per heavy atom. The molecule has 7 heteroatoms. The van der Waals surface area contributed by atoms with Crippen molar-refractivity contribution in [2.75, 3.05) is 20.2 Å². The van der Waals surface area contributed by atoms with Crippen molar-refractivity contribution in [2.24, 2.45) is 0 Å². The van der Waals surface area contributed by atoms with Crippen LogP contribution in [-0.4, -0.2) is 48.9 Å². The predicted molar refractivity (Wildman–Crippen MR) is 78.6 cm³/mol. The molecule has 0 saturated carbocycles. The number of halogens is 1. The summed E-state index contributed by atoms with van der Waals surface area (Å²) in [5.74, 6) is -1.14. The zero-order valence-electron chi connectivity index (χ0n) is 11.5. The van der Waals surface area contributed by atoms with Gasteiger partial charge in [0.1, 0.15) is 6.04 Å². The molecule has 0 aromatic heterocycles. The van der Waals surface area contributed by atoms with E-state index < -0.39 is 12.0 Å². The topological polar surface area (TPSA) is 75.7 Å². The highest BCUT2D eigenvalue weighted by atomic mass is 79.9. The maximum absolute atomic E-state index is 12.6. The van der Waals surface area contributed by atoms with Crippen LogP contribution in [0.1, 0.15) is 16.8 Å². The number of hydrogen-bond acceptors (Lipinski definition) is 4. The van der Waals surface area contributed by atoms with E-state index in [1.807, 2.05) is 6.07 Å². The molecule has 112 valence electrons. The van der Waals surface area contributed by atoms with Gasteiger partial charge in [-0.2, -0.15) is 0 Å². The number of benzene rings is 1. The minimum Gasteiger partial charge on any atom is -0.469 e. The second kappa shape index (κ2) is 6.71. The van der Waals surface area contributed by atoms with Crippen molar-refractivity contribution < 1.29 is 19.1 Å². The van der Waals surface area contributed by atoms with E-state index in [1.54, 1.807) is 18.2 Å². The van der Waals surface area contributed by atoms with Crippen LogP contribution in [0.2, 0.25) is 0 Å². The first-order chi connectivity index (χ1) is 10.0. The quantitative estimate of drug-likeness (QED) is 0.820. The first kappa shape index (κ1) is 15.5. The second-order valence-corrected chi connectivity index (χ2v) is 5.51. The van der Waals surface area contributed by atoms with Crippen LogP contribution in [0.3, 0.4) is 0 Å². The molecule has 1 N–H and O–H groups in total. The number of rotatable bonds is 3. The van der Waals surface area contributed by atoms with Crippen LogP contribution < -0.4 is 5.32 Å². The molecule has 6 nitrogen and oxygen atoms in total. The number of hydrogen-bond donors (Lipinski definition) is 1. The summed E-state index contributed by atoms with van der Waals surface area (Å²) in [5.41, 5.74) is 0.467. The van der Waals surface area contributed by atoms with E-state index in [-0.39, 0.29) is 18.2 Å². The molecule has 0 unspecified atom stereocenters. The zero-order valence-corrected chi connectivity index (χ0v) is 13.1. The Morgan fingerprint density at radius 2 is 2.24 bits per heavy atom. The molecule has 21 heavy (non-hydrogen) atoms. The van der Waals surface area contributed by atoms with Gasteiger partial charge in [0.05, 0.1) is 13.5 Å². The highest BCUT2D eigenvalue weighted by molar-refractivity contribution is 9.10. The average Bonchev–Trinajstić information content (AvgIpc) is 2.48. The third kappa shape index (κ3) is 3.60. The number of carbonyl (C=O) groups is 3. The summed E-state index contributed by atoms with van der Waals surface area (Å²) < 4.78 is 5.37. The fourth-order valence-electron chi connectivity index (χ4n) is 2.19. The highest BCUT2D eigenvalue weighted by Gasteiger charge is 2.35. The van der Waals surface area contributed by atoms with Crippen molar-refractivity contribution in [1.82, 2.24) is 10.2 Å². The lowest BCUT2D eigenvalue weighted by Gasteiger charge is -2.34. The number of piperazine rings is 1. The van der Waals surface area contributed by atoms with Crippen molar-refractivity contribution in [2.45, 2.75) is 12.5 Å². The molecule has 1 aromatic rings. The lowest BCUT2D eigenvalue weighted by atomic mass is 10.1. The summed E-state index contributed by atoms with van der Waals surface area (Å²) in [5, 5.41) is 2.66. The third-order valence-corrected chi connectivity index (χ3v) is 3.74. The summed E-state index contributed by atoms with van der Waals surface area (Å²) in [7, 11) is 1.25. The van der Waals surface area contributed by atoms with Crippen molar-refractivity contribution in [1.29, 1.82) is 0 Å². The number of carbonyl (C=O) groups excluding carboxylic acids is 3. The number of amides is 2. The van der Waals surface area contributed by atoms with Crippen LogP contribution in [0, 0.1) is 0 Å². The molecule has 0 aliphatic carbocycles. The number of nitrogens with zero attached hydrogens (tertiary/aromatic N) is 1. The van der Waals surface area contributed by atoms with Gasteiger partial charge in [-0.3, -0.25) is 14.4 Å². The van der Waals surface area contributed by atoms with Gasteiger partial charge < -0.3 is 15.0 Å². The lowest BCUT2D eigenvalue weighted by molar-refractivity contribution is -0.145. The summed E-state index contributed by atoms with van der Waals surface area (Å²) in [4.78, 5) is 37.3. The number of methoxy groups -OCH3 is 1. The second-order valence-electron chi connectivity index (χ2n) is 4.60. The van der Waals surface area contributed by atoms with E-state index in [0.29, 0.717) is 18.7 Å². The molecular formula is C14H15BrN2O4. The van der Waals surface area contributed by atoms with E-state index >= 15 is 0 Å². The van der Waals surface area contributed by atoms with Crippen molar-refractivity contribution >= 4 is 33.7 Å². The number of nitrogens with one attached hydrogen (secondary N) is 1. The van der Waals surface area contributed by atoms with Crippen molar-refractivity contribution in [3.05, 3.63) is 34.3 Å². The van der Waals surface area contributed by atoms with E-state index in [1.165, 1.54) is 12.0 Å². The van der Waals surface area contributed by atoms with E-state index in [9.17, 15) is 14.4 Å². The van der Waals surface area contributed by atoms with Gasteiger partial charge in [-0.15, -0.1) is 0 Å².